The van der Waals surface area contributed by atoms with E-state index in [9.17, 15) is 5.26 Å². The van der Waals surface area contributed by atoms with Gasteiger partial charge in [-0.2, -0.15) is 5.26 Å². The molecule has 0 saturated carbocycles. The average Bonchev–Trinajstić information content (AvgIpc) is 3.15. The van der Waals surface area contributed by atoms with Crippen LogP contribution in [0.3, 0.4) is 0 Å². The van der Waals surface area contributed by atoms with Crippen LogP contribution in [0.2, 0.25) is 5.02 Å². The van der Waals surface area contributed by atoms with Crippen LogP contribution in [0.5, 0.6) is 5.75 Å². The van der Waals surface area contributed by atoms with Crippen molar-refractivity contribution < 1.29 is 4.74 Å². The molecule has 0 aliphatic carbocycles. The number of rotatable bonds is 5. The minimum atomic E-state index is -0.0642. The zero-order valence-corrected chi connectivity index (χ0v) is 21.0. The predicted octanol–water partition coefficient (Wildman–Crippen LogP) is 5.59. The summed E-state index contributed by atoms with van der Waals surface area (Å²) >= 11 is 6.31. The normalized spacial score (nSPS) is 18.9. The van der Waals surface area contributed by atoms with E-state index in [0.29, 0.717) is 16.5 Å². The molecular formula is C27H29ClN6O. The fourth-order valence-corrected chi connectivity index (χ4v) is 4.98. The number of likely N-dealkylation sites (N-methyl/N-ethyl adjacent to an activating group) is 1. The second kappa shape index (κ2) is 9.37. The Morgan fingerprint density at radius 3 is 2.91 bits per heavy atom. The molecule has 2 aliphatic rings. The van der Waals surface area contributed by atoms with Crippen molar-refractivity contribution in [2.45, 2.75) is 38.2 Å². The summed E-state index contributed by atoms with van der Waals surface area (Å²) in [5.74, 6) is 1.16. The smallest absolute Gasteiger partial charge is 0.227 e. The van der Waals surface area contributed by atoms with Crippen molar-refractivity contribution in [3.63, 3.8) is 0 Å². The van der Waals surface area contributed by atoms with E-state index in [2.05, 4.69) is 53.5 Å². The maximum Gasteiger partial charge on any atom is 0.227 e. The lowest BCUT2D eigenvalue weighted by Gasteiger charge is -2.30. The molecule has 3 heterocycles. The molecule has 1 unspecified atom stereocenters. The van der Waals surface area contributed by atoms with Crippen molar-refractivity contribution in [3.05, 3.63) is 58.7 Å². The molecule has 180 valence electrons. The molecule has 3 aromatic rings. The van der Waals surface area contributed by atoms with Gasteiger partial charge in [0, 0.05) is 35.3 Å². The molecule has 0 bridgehead atoms. The zero-order valence-electron chi connectivity index (χ0n) is 20.2. The van der Waals surface area contributed by atoms with Crippen molar-refractivity contribution in [2.24, 2.45) is 0 Å². The highest BCUT2D eigenvalue weighted by atomic mass is 35.5. The summed E-state index contributed by atoms with van der Waals surface area (Å²) in [7, 11) is 2.11. The number of fused-ring (bicyclic) bond motifs is 1. The number of aromatic nitrogens is 2. The van der Waals surface area contributed by atoms with Crippen LogP contribution in [0.15, 0.2) is 42.6 Å². The second-order valence-electron chi connectivity index (χ2n) is 9.97. The van der Waals surface area contributed by atoms with Gasteiger partial charge < -0.3 is 20.3 Å². The number of anilines is 3. The number of nitrogens with zero attached hydrogens (tertiary/aromatic N) is 4. The maximum atomic E-state index is 9.74. The van der Waals surface area contributed by atoms with Crippen molar-refractivity contribution in [2.75, 3.05) is 37.3 Å². The summed E-state index contributed by atoms with van der Waals surface area (Å²) in [6, 6.07) is 13.7. The minimum Gasteiger partial charge on any atom is -0.487 e. The molecule has 2 aromatic carbocycles. The Hall–Kier alpha value is -3.34. The molecule has 35 heavy (non-hydrogen) atoms. The van der Waals surface area contributed by atoms with Crippen LogP contribution < -0.4 is 15.4 Å². The molecule has 1 saturated heterocycles. The summed E-state index contributed by atoms with van der Waals surface area (Å²) in [4.78, 5) is 11.5. The lowest BCUT2D eigenvalue weighted by Crippen LogP contribution is -2.38. The summed E-state index contributed by atoms with van der Waals surface area (Å²) < 4.78 is 6.34. The van der Waals surface area contributed by atoms with E-state index in [1.807, 2.05) is 30.3 Å². The lowest BCUT2D eigenvalue weighted by atomic mass is 9.85. The van der Waals surface area contributed by atoms with Crippen molar-refractivity contribution in [1.82, 2.24) is 14.9 Å². The highest BCUT2D eigenvalue weighted by Gasteiger charge is 2.32. The molecule has 0 amide bonds. The van der Waals surface area contributed by atoms with E-state index < -0.39 is 0 Å². The Kier molecular flexibility index (Phi) is 6.26. The summed E-state index contributed by atoms with van der Waals surface area (Å²) in [5, 5.41) is 17.0. The third kappa shape index (κ3) is 4.90. The van der Waals surface area contributed by atoms with E-state index in [1.165, 1.54) is 0 Å². The van der Waals surface area contributed by atoms with E-state index >= 15 is 0 Å². The zero-order chi connectivity index (χ0) is 24.6. The predicted molar refractivity (Wildman–Crippen MR) is 140 cm³/mol. The van der Waals surface area contributed by atoms with E-state index in [4.69, 9.17) is 21.3 Å². The topological polar surface area (TPSA) is 86.1 Å². The molecule has 8 heteroatoms. The third-order valence-corrected chi connectivity index (χ3v) is 6.94. The van der Waals surface area contributed by atoms with Crippen LogP contribution in [0.1, 0.15) is 37.8 Å². The molecule has 1 aromatic heterocycles. The van der Waals surface area contributed by atoms with E-state index in [0.717, 1.165) is 66.4 Å². The van der Waals surface area contributed by atoms with Gasteiger partial charge in [0.1, 0.15) is 17.9 Å². The first-order valence-electron chi connectivity index (χ1n) is 11.9. The fraction of sp³-hybridized carbons (Fsp3) is 0.370. The summed E-state index contributed by atoms with van der Waals surface area (Å²) in [6.45, 7) is 7.13. The van der Waals surface area contributed by atoms with Crippen molar-refractivity contribution in [3.8, 4) is 23.1 Å². The molecule has 1 atom stereocenters. The van der Waals surface area contributed by atoms with Crippen LogP contribution in [-0.2, 0) is 5.41 Å². The Morgan fingerprint density at radius 1 is 1.26 bits per heavy atom. The molecule has 2 N–H and O–H groups in total. The van der Waals surface area contributed by atoms with Gasteiger partial charge in [-0.1, -0.05) is 25.4 Å². The lowest BCUT2D eigenvalue weighted by molar-refractivity contribution is 0.105. The summed E-state index contributed by atoms with van der Waals surface area (Å²) in [6.07, 6.45) is 3.97. The van der Waals surface area contributed by atoms with Gasteiger partial charge in [0.25, 0.3) is 0 Å². The number of ether oxygens (including phenoxy) is 1. The molecule has 2 aliphatic heterocycles. The highest BCUT2D eigenvalue weighted by molar-refractivity contribution is 6.31. The molecule has 0 radical (unpaired) electrons. The first-order valence-corrected chi connectivity index (χ1v) is 12.3. The number of nitriles is 1. The average molecular weight is 489 g/mol. The first-order chi connectivity index (χ1) is 16.8. The number of hydrogen-bond donors (Lipinski definition) is 2. The largest absolute Gasteiger partial charge is 0.487 e. The van der Waals surface area contributed by atoms with Gasteiger partial charge in [-0.15, -0.1) is 0 Å². The Bertz CT molecular complexity index is 1300. The van der Waals surface area contributed by atoms with Gasteiger partial charge in [-0.05, 0) is 68.4 Å². The number of nitrogens with one attached hydrogen (secondary N) is 2. The quantitative estimate of drug-likeness (QED) is 0.484. The number of halogens is 1. The summed E-state index contributed by atoms with van der Waals surface area (Å²) in [5.41, 5.74) is 4.95. The van der Waals surface area contributed by atoms with Crippen molar-refractivity contribution >= 4 is 28.9 Å². The molecule has 5 rings (SSSR count). The van der Waals surface area contributed by atoms with Gasteiger partial charge in [0.15, 0.2) is 0 Å². The molecule has 1 fully saturated rings. The molecule has 7 nitrogen and oxygen atoms in total. The van der Waals surface area contributed by atoms with Gasteiger partial charge in [0.2, 0.25) is 5.95 Å². The Morgan fingerprint density at radius 2 is 2.11 bits per heavy atom. The maximum absolute atomic E-state index is 9.74. The Labute approximate surface area is 211 Å². The second-order valence-corrected chi connectivity index (χ2v) is 10.4. The minimum absolute atomic E-state index is 0.0642. The van der Waals surface area contributed by atoms with Crippen LogP contribution in [0, 0.1) is 11.3 Å². The third-order valence-electron chi connectivity index (χ3n) is 6.71. The van der Waals surface area contributed by atoms with Crippen LogP contribution in [0.4, 0.5) is 17.3 Å². The number of hydrogen-bond acceptors (Lipinski definition) is 7. The van der Waals surface area contributed by atoms with Crippen molar-refractivity contribution in [1.29, 1.82) is 5.26 Å². The molecule has 0 spiro atoms. The number of benzene rings is 2. The van der Waals surface area contributed by atoms with Crippen LogP contribution in [-0.4, -0.2) is 47.7 Å². The van der Waals surface area contributed by atoms with Crippen LogP contribution in [0.25, 0.3) is 11.3 Å². The van der Waals surface area contributed by atoms with Gasteiger partial charge in [0.05, 0.1) is 22.6 Å². The number of piperidine rings is 1. The van der Waals surface area contributed by atoms with E-state index in [1.54, 1.807) is 6.20 Å². The Balaban J connectivity index is 1.44. The van der Waals surface area contributed by atoms with Gasteiger partial charge in [-0.25, -0.2) is 9.97 Å². The van der Waals surface area contributed by atoms with Gasteiger partial charge in [-0.3, -0.25) is 0 Å². The fourth-order valence-electron chi connectivity index (χ4n) is 4.80. The number of likely N-dealkylation sites (tertiary alicyclic amines) is 1. The van der Waals surface area contributed by atoms with Crippen LogP contribution >= 0.6 is 11.6 Å². The van der Waals surface area contributed by atoms with Gasteiger partial charge >= 0.3 is 0 Å². The standard InChI is InChI=1S/C27H29ClN6O/c1-27(2)16-31-25-18(14-29)11-17(12-21(25)27)22-8-9-30-26(32-22)33-23-13-19(28)6-7-24(23)35-20-5-4-10-34(3)15-20/h6-9,11-13,20,31H,4-5,10,15-16H2,1-3H3,(H,30,32,33). The van der Waals surface area contributed by atoms with E-state index in [-0.39, 0.29) is 11.5 Å². The highest BCUT2D eigenvalue weighted by Crippen LogP contribution is 2.41. The molecular weight excluding hydrogens is 460 g/mol. The SMILES string of the molecule is CN1CCCC(Oc2ccc(Cl)cc2Nc2nccc(-c3cc(C#N)c4c(c3)C(C)(C)CN4)n2)C1. The first kappa shape index (κ1) is 23.4. The monoisotopic (exact) mass is 488 g/mol.